The molecule has 1 aliphatic rings. The number of fused-ring (bicyclic) bond motifs is 1. The Bertz CT molecular complexity index is 730. The van der Waals surface area contributed by atoms with Crippen molar-refractivity contribution in [1.82, 2.24) is 0 Å². The standard InChI is InChI=1S/C22H30O4/c1-15(7-5-9-16(2)21(24)25)8-6-11-22(4)12-10-19-17(3)13-18(23)14-20(19)26-22/h8-9,13-14,23H,5-7,10-12H2,1-4H3,(H,24,25). The highest BCUT2D eigenvalue weighted by Gasteiger charge is 2.31. The molecular formula is C22H30O4. The van der Waals surface area contributed by atoms with E-state index >= 15 is 0 Å². The van der Waals surface area contributed by atoms with Gasteiger partial charge in [-0.25, -0.2) is 4.79 Å². The number of rotatable bonds is 7. The highest BCUT2D eigenvalue weighted by Crippen LogP contribution is 2.39. The van der Waals surface area contributed by atoms with Gasteiger partial charge in [0.2, 0.25) is 0 Å². The van der Waals surface area contributed by atoms with Crippen molar-refractivity contribution in [3.8, 4) is 11.5 Å². The second-order valence-electron chi connectivity index (χ2n) is 7.61. The van der Waals surface area contributed by atoms with Gasteiger partial charge in [0, 0.05) is 11.6 Å². The molecule has 2 rings (SSSR count). The van der Waals surface area contributed by atoms with Crippen LogP contribution < -0.4 is 4.74 Å². The summed E-state index contributed by atoms with van der Waals surface area (Å²) in [6.45, 7) is 7.86. The average molecular weight is 358 g/mol. The molecule has 1 aromatic carbocycles. The van der Waals surface area contributed by atoms with Gasteiger partial charge in [0.05, 0.1) is 0 Å². The van der Waals surface area contributed by atoms with Crippen LogP contribution in [0, 0.1) is 6.92 Å². The first-order valence-electron chi connectivity index (χ1n) is 9.27. The lowest BCUT2D eigenvalue weighted by atomic mass is 9.87. The molecule has 0 spiro atoms. The zero-order valence-electron chi connectivity index (χ0n) is 16.3. The van der Waals surface area contributed by atoms with Gasteiger partial charge < -0.3 is 14.9 Å². The lowest BCUT2D eigenvalue weighted by Crippen LogP contribution is -2.36. The Morgan fingerprint density at radius 1 is 1.27 bits per heavy atom. The van der Waals surface area contributed by atoms with Gasteiger partial charge in [-0.3, -0.25) is 0 Å². The van der Waals surface area contributed by atoms with E-state index in [9.17, 15) is 9.90 Å². The number of carbonyl (C=O) groups is 1. The molecule has 0 amide bonds. The maximum Gasteiger partial charge on any atom is 0.330 e. The van der Waals surface area contributed by atoms with E-state index in [1.165, 1.54) is 11.1 Å². The summed E-state index contributed by atoms with van der Waals surface area (Å²) < 4.78 is 6.24. The normalized spacial score (nSPS) is 20.5. The molecule has 0 aromatic heterocycles. The number of hydrogen-bond acceptors (Lipinski definition) is 3. The van der Waals surface area contributed by atoms with Crippen LogP contribution in [-0.2, 0) is 11.2 Å². The van der Waals surface area contributed by atoms with Gasteiger partial charge in [0.15, 0.2) is 0 Å². The molecule has 1 heterocycles. The van der Waals surface area contributed by atoms with Gasteiger partial charge in [0.25, 0.3) is 0 Å². The van der Waals surface area contributed by atoms with Crippen LogP contribution in [0.25, 0.3) is 0 Å². The number of benzene rings is 1. The molecule has 2 N–H and O–H groups in total. The van der Waals surface area contributed by atoms with E-state index in [1.807, 2.05) is 6.92 Å². The summed E-state index contributed by atoms with van der Waals surface area (Å²) in [6.07, 6.45) is 9.41. The molecule has 0 saturated heterocycles. The number of carboxylic acids is 1. The predicted octanol–water partition coefficient (Wildman–Crippen LogP) is 5.32. The smallest absolute Gasteiger partial charge is 0.330 e. The molecular weight excluding hydrogens is 328 g/mol. The lowest BCUT2D eigenvalue weighted by molar-refractivity contribution is -0.132. The Morgan fingerprint density at radius 2 is 2.00 bits per heavy atom. The summed E-state index contributed by atoms with van der Waals surface area (Å²) in [6, 6.07) is 3.51. The number of aromatic hydroxyl groups is 1. The zero-order chi connectivity index (χ0) is 19.3. The number of aliphatic carboxylic acids is 1. The van der Waals surface area contributed by atoms with Crippen molar-refractivity contribution in [1.29, 1.82) is 0 Å². The molecule has 142 valence electrons. The summed E-state index contributed by atoms with van der Waals surface area (Å²) in [7, 11) is 0. The third kappa shape index (κ3) is 5.38. The molecule has 0 bridgehead atoms. The summed E-state index contributed by atoms with van der Waals surface area (Å²) in [5.74, 6) is 0.216. The summed E-state index contributed by atoms with van der Waals surface area (Å²) in [5.41, 5.74) is 3.74. The highest BCUT2D eigenvalue weighted by atomic mass is 16.5. The van der Waals surface area contributed by atoms with Crippen molar-refractivity contribution in [3.63, 3.8) is 0 Å². The molecule has 0 saturated carbocycles. The SMILES string of the molecule is CC(=CCCC1(C)CCc2c(C)cc(O)cc2O1)CCC=C(C)C(=O)O. The molecule has 1 atom stereocenters. The molecule has 1 aromatic rings. The van der Waals surface area contributed by atoms with Gasteiger partial charge in [0.1, 0.15) is 17.1 Å². The Morgan fingerprint density at radius 3 is 2.69 bits per heavy atom. The van der Waals surface area contributed by atoms with Crippen LogP contribution in [0.5, 0.6) is 11.5 Å². The minimum atomic E-state index is -0.851. The third-order valence-electron chi connectivity index (χ3n) is 5.17. The zero-order valence-corrected chi connectivity index (χ0v) is 16.3. The van der Waals surface area contributed by atoms with Crippen molar-refractivity contribution >= 4 is 5.97 Å². The van der Waals surface area contributed by atoms with Gasteiger partial charge in [-0.2, -0.15) is 0 Å². The number of carboxylic acid groups (broad SMARTS) is 1. The maximum atomic E-state index is 10.8. The van der Waals surface area contributed by atoms with Crippen molar-refractivity contribution < 1.29 is 19.7 Å². The summed E-state index contributed by atoms with van der Waals surface area (Å²) in [5, 5.41) is 18.7. The molecule has 0 radical (unpaired) electrons. The van der Waals surface area contributed by atoms with E-state index in [2.05, 4.69) is 19.9 Å². The van der Waals surface area contributed by atoms with E-state index in [-0.39, 0.29) is 11.4 Å². The van der Waals surface area contributed by atoms with E-state index < -0.39 is 5.97 Å². The molecule has 0 aliphatic carbocycles. The van der Waals surface area contributed by atoms with Crippen LogP contribution >= 0.6 is 0 Å². The number of hydrogen-bond donors (Lipinski definition) is 2. The first kappa shape index (κ1) is 20.1. The lowest BCUT2D eigenvalue weighted by Gasteiger charge is -2.36. The van der Waals surface area contributed by atoms with Crippen LogP contribution in [-0.4, -0.2) is 21.8 Å². The van der Waals surface area contributed by atoms with Gasteiger partial charge in [-0.1, -0.05) is 17.7 Å². The van der Waals surface area contributed by atoms with E-state index in [4.69, 9.17) is 9.84 Å². The first-order chi connectivity index (χ1) is 12.2. The fourth-order valence-corrected chi connectivity index (χ4v) is 3.39. The Kier molecular flexibility index (Phi) is 6.52. The Hall–Kier alpha value is -2.23. The maximum absolute atomic E-state index is 10.8. The van der Waals surface area contributed by atoms with E-state index in [1.54, 1.807) is 25.1 Å². The van der Waals surface area contributed by atoms with Crippen molar-refractivity contribution in [2.45, 2.75) is 71.8 Å². The average Bonchev–Trinajstić information content (AvgIpc) is 2.53. The number of phenols is 1. The van der Waals surface area contributed by atoms with Crippen LogP contribution in [0.15, 0.2) is 35.4 Å². The predicted molar refractivity (Wildman–Crippen MR) is 104 cm³/mol. The number of ether oxygens (including phenoxy) is 1. The fourth-order valence-electron chi connectivity index (χ4n) is 3.39. The molecule has 0 fully saturated rings. The first-order valence-corrected chi connectivity index (χ1v) is 9.27. The van der Waals surface area contributed by atoms with Gasteiger partial charge >= 0.3 is 5.97 Å². The molecule has 4 nitrogen and oxygen atoms in total. The van der Waals surface area contributed by atoms with Crippen molar-refractivity contribution in [2.75, 3.05) is 0 Å². The molecule has 1 aliphatic heterocycles. The fraction of sp³-hybridized carbons (Fsp3) is 0.500. The molecule has 26 heavy (non-hydrogen) atoms. The van der Waals surface area contributed by atoms with Gasteiger partial charge in [-0.05, 0) is 83.4 Å². The van der Waals surface area contributed by atoms with Crippen molar-refractivity contribution in [2.24, 2.45) is 0 Å². The van der Waals surface area contributed by atoms with E-state index in [0.717, 1.165) is 49.8 Å². The Labute approximate surface area is 156 Å². The second-order valence-corrected chi connectivity index (χ2v) is 7.61. The van der Waals surface area contributed by atoms with E-state index in [0.29, 0.717) is 5.57 Å². The largest absolute Gasteiger partial charge is 0.508 e. The number of allylic oxidation sites excluding steroid dienone is 3. The van der Waals surface area contributed by atoms with Gasteiger partial charge in [-0.15, -0.1) is 0 Å². The molecule has 1 unspecified atom stereocenters. The van der Waals surface area contributed by atoms with Crippen LogP contribution in [0.3, 0.4) is 0 Å². The topological polar surface area (TPSA) is 66.8 Å². The highest BCUT2D eigenvalue weighted by molar-refractivity contribution is 5.85. The number of phenolic OH excluding ortho intramolecular Hbond substituents is 1. The summed E-state index contributed by atoms with van der Waals surface area (Å²) >= 11 is 0. The second kappa shape index (κ2) is 8.43. The van der Waals surface area contributed by atoms with Crippen LogP contribution in [0.4, 0.5) is 0 Å². The summed E-state index contributed by atoms with van der Waals surface area (Å²) in [4.78, 5) is 10.8. The minimum Gasteiger partial charge on any atom is -0.508 e. The monoisotopic (exact) mass is 358 g/mol. The quantitative estimate of drug-likeness (QED) is 0.511. The van der Waals surface area contributed by atoms with Crippen LogP contribution in [0.1, 0.15) is 64.0 Å². The van der Waals surface area contributed by atoms with Crippen LogP contribution in [0.2, 0.25) is 0 Å². The number of aryl methyl sites for hydroxylation is 1. The van der Waals surface area contributed by atoms with Crippen molar-refractivity contribution in [3.05, 3.63) is 46.6 Å². The molecule has 4 heteroatoms. The Balaban J connectivity index is 1.89. The minimum absolute atomic E-state index is 0.218. The third-order valence-corrected chi connectivity index (χ3v) is 5.17.